The van der Waals surface area contributed by atoms with Crippen molar-refractivity contribution in [1.29, 1.82) is 0 Å². The molecule has 0 aliphatic carbocycles. The van der Waals surface area contributed by atoms with Crippen LogP contribution in [0.15, 0.2) is 34.7 Å². The minimum Gasteiger partial charge on any atom is -0.476 e. The lowest BCUT2D eigenvalue weighted by atomic mass is 10.3. The number of nitrogens with zero attached hydrogens (tertiary/aromatic N) is 3. The molecule has 0 saturated carbocycles. The van der Waals surface area contributed by atoms with Crippen molar-refractivity contribution in [2.24, 2.45) is 0 Å². The lowest BCUT2D eigenvalue weighted by Crippen LogP contribution is -2.01. The van der Waals surface area contributed by atoms with E-state index in [2.05, 4.69) is 15.2 Å². The molecule has 0 aliphatic rings. The van der Waals surface area contributed by atoms with Crippen LogP contribution in [-0.4, -0.2) is 26.3 Å². The molecule has 94 valence electrons. The SMILES string of the molecule is O=C(O)c1ccc(-c2nc3ccc(Cl)cc3o2)nn1. The van der Waals surface area contributed by atoms with Gasteiger partial charge in [-0.1, -0.05) is 11.6 Å². The Morgan fingerprint density at radius 1 is 1.21 bits per heavy atom. The summed E-state index contributed by atoms with van der Waals surface area (Å²) in [5.41, 5.74) is 1.40. The van der Waals surface area contributed by atoms with E-state index >= 15 is 0 Å². The zero-order valence-electron chi connectivity index (χ0n) is 9.37. The number of aromatic carboxylic acids is 1. The van der Waals surface area contributed by atoms with Gasteiger partial charge >= 0.3 is 5.97 Å². The standard InChI is InChI=1S/C12H6ClN3O3/c13-6-1-2-7-10(5-6)19-11(14-7)8-3-4-9(12(17)18)16-15-8/h1-5H,(H,17,18). The summed E-state index contributed by atoms with van der Waals surface area (Å²) in [5.74, 6) is -0.870. The van der Waals surface area contributed by atoms with Gasteiger partial charge < -0.3 is 9.52 Å². The number of fused-ring (bicyclic) bond motifs is 1. The second-order valence-electron chi connectivity index (χ2n) is 3.74. The summed E-state index contributed by atoms with van der Waals surface area (Å²) in [6, 6.07) is 7.90. The van der Waals surface area contributed by atoms with Crippen LogP contribution in [0.25, 0.3) is 22.7 Å². The Hall–Kier alpha value is -2.47. The van der Waals surface area contributed by atoms with Crippen molar-refractivity contribution in [2.45, 2.75) is 0 Å². The molecular weight excluding hydrogens is 270 g/mol. The van der Waals surface area contributed by atoms with E-state index in [0.717, 1.165) is 0 Å². The third-order valence-electron chi connectivity index (χ3n) is 2.45. The fraction of sp³-hybridized carbons (Fsp3) is 0. The summed E-state index contributed by atoms with van der Waals surface area (Å²) in [5, 5.41) is 16.6. The van der Waals surface area contributed by atoms with Crippen LogP contribution < -0.4 is 0 Å². The predicted molar refractivity (Wildman–Crippen MR) is 67.0 cm³/mol. The zero-order chi connectivity index (χ0) is 13.4. The first kappa shape index (κ1) is 11.6. The molecule has 0 aliphatic heterocycles. The summed E-state index contributed by atoms with van der Waals surface area (Å²) in [4.78, 5) is 14.9. The number of carbonyl (C=O) groups is 1. The van der Waals surface area contributed by atoms with Crippen LogP contribution >= 0.6 is 11.6 Å². The van der Waals surface area contributed by atoms with Crippen molar-refractivity contribution in [2.75, 3.05) is 0 Å². The molecule has 7 heteroatoms. The van der Waals surface area contributed by atoms with E-state index in [0.29, 0.717) is 21.8 Å². The number of benzene rings is 1. The molecule has 0 radical (unpaired) electrons. The normalized spacial score (nSPS) is 10.8. The first-order valence-corrected chi connectivity index (χ1v) is 5.65. The molecule has 2 aromatic heterocycles. The molecule has 0 spiro atoms. The maximum atomic E-state index is 10.7. The first-order chi connectivity index (χ1) is 9.13. The highest BCUT2D eigenvalue weighted by Crippen LogP contribution is 2.24. The van der Waals surface area contributed by atoms with Crippen molar-refractivity contribution in [3.05, 3.63) is 41.0 Å². The van der Waals surface area contributed by atoms with Crippen molar-refractivity contribution < 1.29 is 14.3 Å². The molecular formula is C12H6ClN3O3. The Labute approximate surface area is 111 Å². The molecule has 0 unspecified atom stereocenters. The van der Waals surface area contributed by atoms with Gasteiger partial charge in [0, 0.05) is 11.1 Å². The van der Waals surface area contributed by atoms with E-state index in [4.69, 9.17) is 21.1 Å². The molecule has 2 heterocycles. The van der Waals surface area contributed by atoms with Gasteiger partial charge in [0.2, 0.25) is 5.89 Å². The summed E-state index contributed by atoms with van der Waals surface area (Å²) >= 11 is 5.85. The summed E-state index contributed by atoms with van der Waals surface area (Å²) in [6.07, 6.45) is 0. The van der Waals surface area contributed by atoms with Gasteiger partial charge in [0.1, 0.15) is 11.2 Å². The third-order valence-corrected chi connectivity index (χ3v) is 2.69. The van der Waals surface area contributed by atoms with Gasteiger partial charge in [0.15, 0.2) is 11.3 Å². The minimum absolute atomic E-state index is 0.136. The van der Waals surface area contributed by atoms with E-state index in [-0.39, 0.29) is 11.6 Å². The number of hydrogen-bond acceptors (Lipinski definition) is 5. The molecule has 3 aromatic rings. The van der Waals surface area contributed by atoms with Gasteiger partial charge in [-0.25, -0.2) is 9.78 Å². The van der Waals surface area contributed by atoms with Crippen LogP contribution in [0.5, 0.6) is 0 Å². The van der Waals surface area contributed by atoms with Crippen LogP contribution in [-0.2, 0) is 0 Å². The number of oxazole rings is 1. The second-order valence-corrected chi connectivity index (χ2v) is 4.18. The molecule has 3 rings (SSSR count). The molecule has 1 N–H and O–H groups in total. The van der Waals surface area contributed by atoms with Crippen LogP contribution in [0.2, 0.25) is 5.02 Å². The van der Waals surface area contributed by atoms with Gasteiger partial charge in [-0.2, -0.15) is 0 Å². The molecule has 0 fully saturated rings. The lowest BCUT2D eigenvalue weighted by Gasteiger charge is -1.94. The summed E-state index contributed by atoms with van der Waals surface area (Å²) in [7, 11) is 0. The quantitative estimate of drug-likeness (QED) is 0.773. The van der Waals surface area contributed by atoms with Crippen molar-refractivity contribution >= 4 is 28.7 Å². The van der Waals surface area contributed by atoms with E-state index in [1.165, 1.54) is 12.1 Å². The summed E-state index contributed by atoms with van der Waals surface area (Å²) in [6.45, 7) is 0. The monoisotopic (exact) mass is 275 g/mol. The Bertz CT molecular complexity index is 767. The topological polar surface area (TPSA) is 89.1 Å². The van der Waals surface area contributed by atoms with Gasteiger partial charge in [0.05, 0.1) is 0 Å². The molecule has 0 bridgehead atoms. The van der Waals surface area contributed by atoms with Crippen molar-refractivity contribution in [3.8, 4) is 11.6 Å². The van der Waals surface area contributed by atoms with Gasteiger partial charge in [-0.3, -0.25) is 0 Å². The number of aromatic nitrogens is 3. The number of rotatable bonds is 2. The Morgan fingerprint density at radius 2 is 2.05 bits per heavy atom. The van der Waals surface area contributed by atoms with Gasteiger partial charge in [0.25, 0.3) is 0 Å². The van der Waals surface area contributed by atoms with Crippen molar-refractivity contribution in [3.63, 3.8) is 0 Å². The van der Waals surface area contributed by atoms with E-state index in [1.807, 2.05) is 0 Å². The molecule has 0 amide bonds. The summed E-state index contributed by atoms with van der Waals surface area (Å²) < 4.78 is 5.49. The molecule has 1 aromatic carbocycles. The molecule has 0 saturated heterocycles. The Kier molecular flexibility index (Phi) is 2.64. The number of hydrogen-bond donors (Lipinski definition) is 1. The fourth-order valence-corrected chi connectivity index (χ4v) is 1.73. The lowest BCUT2D eigenvalue weighted by molar-refractivity contribution is 0.0689. The van der Waals surface area contributed by atoms with Crippen LogP contribution in [0, 0.1) is 0 Å². The molecule has 6 nitrogen and oxygen atoms in total. The van der Waals surface area contributed by atoms with E-state index in [9.17, 15) is 4.79 Å². The molecule has 0 atom stereocenters. The van der Waals surface area contributed by atoms with E-state index in [1.54, 1.807) is 18.2 Å². The van der Waals surface area contributed by atoms with E-state index < -0.39 is 5.97 Å². The number of carboxylic acid groups (broad SMARTS) is 1. The Balaban J connectivity index is 2.06. The highest BCUT2D eigenvalue weighted by Gasteiger charge is 2.12. The average molecular weight is 276 g/mol. The molecule has 19 heavy (non-hydrogen) atoms. The number of halogens is 1. The van der Waals surface area contributed by atoms with Gasteiger partial charge in [-0.05, 0) is 24.3 Å². The average Bonchev–Trinajstić information content (AvgIpc) is 2.81. The fourth-order valence-electron chi connectivity index (χ4n) is 1.57. The maximum absolute atomic E-state index is 10.7. The highest BCUT2D eigenvalue weighted by molar-refractivity contribution is 6.31. The second kappa shape index (κ2) is 4.33. The van der Waals surface area contributed by atoms with Gasteiger partial charge in [-0.15, -0.1) is 10.2 Å². The first-order valence-electron chi connectivity index (χ1n) is 5.27. The van der Waals surface area contributed by atoms with Crippen molar-refractivity contribution in [1.82, 2.24) is 15.2 Å². The maximum Gasteiger partial charge on any atom is 0.356 e. The smallest absolute Gasteiger partial charge is 0.356 e. The predicted octanol–water partition coefficient (Wildman–Crippen LogP) is 2.64. The largest absolute Gasteiger partial charge is 0.476 e. The van der Waals surface area contributed by atoms with Crippen LogP contribution in [0.4, 0.5) is 0 Å². The van der Waals surface area contributed by atoms with Crippen LogP contribution in [0.1, 0.15) is 10.5 Å². The number of carboxylic acids is 1. The highest BCUT2D eigenvalue weighted by atomic mass is 35.5. The van der Waals surface area contributed by atoms with Crippen LogP contribution in [0.3, 0.4) is 0 Å². The Morgan fingerprint density at radius 3 is 2.74 bits per heavy atom. The minimum atomic E-state index is -1.14. The third kappa shape index (κ3) is 2.13. The zero-order valence-corrected chi connectivity index (χ0v) is 10.1.